The lowest BCUT2D eigenvalue weighted by molar-refractivity contribution is 0.0437. The number of aliphatic imine (C=N–C) groups is 2. The third kappa shape index (κ3) is 7.23. The van der Waals surface area contributed by atoms with Gasteiger partial charge in [0, 0.05) is 49.6 Å². The minimum atomic E-state index is -0.740. The van der Waals surface area contributed by atoms with Gasteiger partial charge in [-0.15, -0.1) is 0 Å². The van der Waals surface area contributed by atoms with Crippen molar-refractivity contribution in [3.63, 3.8) is 0 Å². The van der Waals surface area contributed by atoms with E-state index in [0.717, 1.165) is 11.1 Å². The molecule has 0 bridgehead atoms. The van der Waals surface area contributed by atoms with Crippen molar-refractivity contribution in [1.82, 2.24) is 20.1 Å². The zero-order valence-electron chi connectivity index (χ0n) is 25.5. The lowest BCUT2D eigenvalue weighted by Crippen LogP contribution is -2.47. The molecule has 0 unspecified atom stereocenters. The fourth-order valence-electron chi connectivity index (χ4n) is 5.34. The topological polar surface area (TPSA) is 112 Å². The molecule has 232 valence electrons. The Morgan fingerprint density at radius 2 is 1.86 bits per heavy atom. The van der Waals surface area contributed by atoms with E-state index in [1.807, 2.05) is 11.0 Å². The average Bonchev–Trinajstić information content (AvgIpc) is 3.51. The van der Waals surface area contributed by atoms with Gasteiger partial charge in [0.15, 0.2) is 11.5 Å². The summed E-state index contributed by atoms with van der Waals surface area (Å²) in [6.45, 7) is 10.3. The highest BCUT2D eigenvalue weighted by atomic mass is 19.1. The third-order valence-corrected chi connectivity index (χ3v) is 7.53. The predicted octanol–water partition coefficient (Wildman–Crippen LogP) is 4.19. The van der Waals surface area contributed by atoms with Gasteiger partial charge in [-0.2, -0.15) is 0 Å². The van der Waals surface area contributed by atoms with Gasteiger partial charge in [0.05, 0.1) is 18.7 Å². The summed E-state index contributed by atoms with van der Waals surface area (Å²) in [7, 11) is 0. The largest absolute Gasteiger partial charge is 0.487 e. The van der Waals surface area contributed by atoms with Crippen molar-refractivity contribution in [1.29, 1.82) is 0 Å². The van der Waals surface area contributed by atoms with Crippen LogP contribution >= 0.6 is 0 Å². The molecule has 2 aromatic carbocycles. The summed E-state index contributed by atoms with van der Waals surface area (Å²) < 4.78 is 25.9. The van der Waals surface area contributed by atoms with Gasteiger partial charge >= 0.3 is 0 Å². The molecule has 5 rings (SSSR count). The smallest absolute Gasteiger partial charge is 0.259 e. The van der Waals surface area contributed by atoms with Crippen molar-refractivity contribution in [2.24, 2.45) is 9.98 Å². The molecular formula is C33H39FN6O4. The first-order valence-electron chi connectivity index (χ1n) is 14.9. The normalized spacial score (nSPS) is 14.7. The SMILES string of the molecule is CC(C)N(C[C@@H](O)COc1ccc2c(c1OCCc1ccc(F)cc1)N=C(NC(=O)c1cccnc1)N1CCN=C21)C(C)C. The van der Waals surface area contributed by atoms with Crippen molar-refractivity contribution in [3.8, 4) is 11.5 Å². The number of pyridine rings is 1. The van der Waals surface area contributed by atoms with Crippen molar-refractivity contribution in [3.05, 3.63) is 83.4 Å². The lowest BCUT2D eigenvalue weighted by Gasteiger charge is -2.32. The lowest BCUT2D eigenvalue weighted by atomic mass is 10.1. The monoisotopic (exact) mass is 602 g/mol. The Labute approximate surface area is 257 Å². The van der Waals surface area contributed by atoms with Gasteiger partial charge in [-0.25, -0.2) is 9.38 Å². The highest BCUT2D eigenvalue weighted by molar-refractivity contribution is 6.20. The molecule has 2 aliphatic rings. The molecule has 2 N–H and O–H groups in total. The minimum Gasteiger partial charge on any atom is -0.487 e. The van der Waals surface area contributed by atoms with Crippen LogP contribution in [0.4, 0.5) is 10.1 Å². The number of aliphatic hydroxyl groups excluding tert-OH is 1. The second-order valence-corrected chi connectivity index (χ2v) is 11.4. The molecule has 1 amide bonds. The summed E-state index contributed by atoms with van der Waals surface area (Å²) in [6.07, 6.45) is 2.88. The van der Waals surface area contributed by atoms with Crippen LogP contribution in [-0.4, -0.2) is 88.6 Å². The van der Waals surface area contributed by atoms with E-state index in [4.69, 9.17) is 19.5 Å². The summed E-state index contributed by atoms with van der Waals surface area (Å²) in [5.74, 6) is 1.15. The fraction of sp³-hybridized carbons (Fsp3) is 0.394. The average molecular weight is 603 g/mol. The Morgan fingerprint density at radius 1 is 1.09 bits per heavy atom. The number of aliphatic hydroxyl groups is 1. The summed E-state index contributed by atoms with van der Waals surface area (Å²) in [5, 5.41) is 13.8. The highest BCUT2D eigenvalue weighted by Gasteiger charge is 2.34. The zero-order valence-corrected chi connectivity index (χ0v) is 25.5. The number of halogens is 1. The zero-order chi connectivity index (χ0) is 31.2. The van der Waals surface area contributed by atoms with Crippen LogP contribution in [0.25, 0.3) is 0 Å². The summed E-state index contributed by atoms with van der Waals surface area (Å²) >= 11 is 0. The molecule has 0 spiro atoms. The van der Waals surface area contributed by atoms with Gasteiger partial charge in [-0.1, -0.05) is 12.1 Å². The predicted molar refractivity (Wildman–Crippen MR) is 167 cm³/mol. The molecule has 0 aliphatic carbocycles. The first-order chi connectivity index (χ1) is 21.2. The number of amides is 1. The number of carbonyl (C=O) groups is 1. The van der Waals surface area contributed by atoms with E-state index in [1.165, 1.54) is 18.3 Å². The first kappa shape index (κ1) is 31.1. The number of aromatic nitrogens is 1. The van der Waals surface area contributed by atoms with Crippen LogP contribution in [0.5, 0.6) is 11.5 Å². The van der Waals surface area contributed by atoms with Gasteiger partial charge in [0.1, 0.15) is 30.1 Å². The van der Waals surface area contributed by atoms with E-state index in [1.54, 1.807) is 36.5 Å². The van der Waals surface area contributed by atoms with Gasteiger partial charge in [0.25, 0.3) is 5.91 Å². The van der Waals surface area contributed by atoms with Crippen molar-refractivity contribution in [2.75, 3.05) is 32.8 Å². The number of hydrogen-bond donors (Lipinski definition) is 2. The first-order valence-corrected chi connectivity index (χ1v) is 14.9. The Balaban J connectivity index is 1.44. The van der Waals surface area contributed by atoms with Crippen LogP contribution in [-0.2, 0) is 6.42 Å². The molecule has 0 saturated carbocycles. The number of ether oxygens (including phenoxy) is 2. The molecule has 44 heavy (non-hydrogen) atoms. The van der Waals surface area contributed by atoms with E-state index >= 15 is 0 Å². The Kier molecular flexibility index (Phi) is 9.86. The third-order valence-electron chi connectivity index (χ3n) is 7.53. The number of nitrogens with zero attached hydrogens (tertiary/aromatic N) is 5. The number of rotatable bonds is 12. The van der Waals surface area contributed by atoms with Gasteiger partial charge in [-0.05, 0) is 69.7 Å². The van der Waals surface area contributed by atoms with E-state index in [9.17, 15) is 14.3 Å². The standard InChI is InChI=1S/C33H39FN6O4/c1-21(2)40(22(3)4)19-26(41)20-44-28-12-11-27-29(30(28)43-17-13-23-7-9-25(34)10-8-23)37-33(39-16-15-36-31(27)39)38-32(42)24-6-5-14-35-18-24/h5-12,14,18,21-22,26,41H,13,15-17,19-20H2,1-4H3,(H,37,38,42)/t26-/m1/s1. The van der Waals surface area contributed by atoms with E-state index in [2.05, 4.69) is 42.9 Å². The van der Waals surface area contributed by atoms with Crippen molar-refractivity contribution < 1.29 is 23.8 Å². The number of fused-ring (bicyclic) bond motifs is 3. The van der Waals surface area contributed by atoms with E-state index in [0.29, 0.717) is 60.6 Å². The van der Waals surface area contributed by atoms with Crippen LogP contribution in [0, 0.1) is 5.82 Å². The summed E-state index contributed by atoms with van der Waals surface area (Å²) in [4.78, 5) is 30.7. The highest BCUT2D eigenvalue weighted by Crippen LogP contribution is 2.43. The molecule has 0 fully saturated rings. The summed E-state index contributed by atoms with van der Waals surface area (Å²) in [5.41, 5.74) is 2.53. The Morgan fingerprint density at radius 3 is 2.57 bits per heavy atom. The van der Waals surface area contributed by atoms with Crippen LogP contribution in [0.3, 0.4) is 0 Å². The van der Waals surface area contributed by atoms with Gasteiger partial charge in [0.2, 0.25) is 5.96 Å². The molecule has 0 radical (unpaired) electrons. The molecule has 2 aliphatic heterocycles. The molecule has 0 saturated heterocycles. The number of amidine groups is 1. The molecule has 11 heteroatoms. The minimum absolute atomic E-state index is 0.0461. The molecule has 3 heterocycles. The maximum Gasteiger partial charge on any atom is 0.259 e. The maximum atomic E-state index is 13.4. The molecule has 1 atom stereocenters. The fourth-order valence-corrected chi connectivity index (χ4v) is 5.34. The molecule has 3 aromatic rings. The second-order valence-electron chi connectivity index (χ2n) is 11.4. The quantitative estimate of drug-likeness (QED) is 0.320. The van der Waals surface area contributed by atoms with E-state index < -0.39 is 6.10 Å². The van der Waals surface area contributed by atoms with E-state index in [-0.39, 0.29) is 37.0 Å². The van der Waals surface area contributed by atoms with Crippen molar-refractivity contribution >= 4 is 23.4 Å². The van der Waals surface area contributed by atoms with Crippen LogP contribution < -0.4 is 14.8 Å². The Bertz CT molecular complexity index is 1500. The number of guanidine groups is 1. The van der Waals surface area contributed by atoms with Crippen LogP contribution in [0.1, 0.15) is 49.2 Å². The Hall–Kier alpha value is -4.35. The molecule has 1 aromatic heterocycles. The van der Waals surface area contributed by atoms with Crippen LogP contribution in [0.2, 0.25) is 0 Å². The summed E-state index contributed by atoms with van der Waals surface area (Å²) in [6, 6.07) is 13.9. The molecule has 10 nitrogen and oxygen atoms in total. The van der Waals surface area contributed by atoms with Crippen LogP contribution in [0.15, 0.2) is 70.9 Å². The second kappa shape index (κ2) is 14.0. The number of benzene rings is 2. The number of carbonyl (C=O) groups excluding carboxylic acids is 1. The van der Waals surface area contributed by atoms with Gasteiger partial charge in [-0.3, -0.25) is 29.9 Å². The van der Waals surface area contributed by atoms with Crippen molar-refractivity contribution in [2.45, 2.75) is 52.3 Å². The number of hydrogen-bond acceptors (Lipinski definition) is 9. The molecular weight excluding hydrogens is 563 g/mol. The maximum absolute atomic E-state index is 13.4. The number of nitrogens with one attached hydrogen (secondary N) is 1. The van der Waals surface area contributed by atoms with Gasteiger partial charge < -0.3 is 14.6 Å².